The van der Waals surface area contributed by atoms with E-state index in [0.717, 1.165) is 9.80 Å². The smallest absolute Gasteiger partial charge is 0.312 e. The van der Waals surface area contributed by atoms with E-state index in [2.05, 4.69) is 0 Å². The van der Waals surface area contributed by atoms with Gasteiger partial charge in [-0.1, -0.05) is 0 Å². The van der Waals surface area contributed by atoms with Crippen molar-refractivity contribution in [2.45, 2.75) is 6.04 Å². The van der Waals surface area contributed by atoms with Crippen molar-refractivity contribution < 1.29 is 14.4 Å². The fraction of sp³-hybridized carbons (Fsp3) is 0.500. The van der Waals surface area contributed by atoms with E-state index < -0.39 is 23.9 Å². The molecule has 0 unspecified atom stereocenters. The van der Waals surface area contributed by atoms with Crippen molar-refractivity contribution in [3.05, 3.63) is 0 Å². The number of rotatable bonds is 0. The Hall–Kier alpha value is -1.43. The van der Waals surface area contributed by atoms with E-state index in [9.17, 15) is 14.4 Å². The lowest BCUT2D eigenvalue weighted by Gasteiger charge is -2.30. The molecule has 0 radical (unpaired) electrons. The third kappa shape index (κ3) is 0.964. The fourth-order valence-electron chi connectivity index (χ4n) is 0.936. The highest BCUT2D eigenvalue weighted by Crippen LogP contribution is 2.06. The number of carbonyl (C=O) groups excluding carboxylic acids is 3. The van der Waals surface area contributed by atoms with Gasteiger partial charge in [0, 0.05) is 14.1 Å². The highest BCUT2D eigenvalue weighted by molar-refractivity contribution is 6.18. The van der Waals surface area contributed by atoms with Crippen molar-refractivity contribution in [1.82, 2.24) is 9.80 Å². The number of amides is 4. The van der Waals surface area contributed by atoms with Crippen LogP contribution in [0, 0.1) is 0 Å². The first-order valence-electron chi connectivity index (χ1n) is 3.31. The molecule has 0 aliphatic carbocycles. The Morgan fingerprint density at radius 3 is 1.75 bits per heavy atom. The minimum absolute atomic E-state index is 0.647. The first kappa shape index (κ1) is 8.66. The summed E-state index contributed by atoms with van der Waals surface area (Å²) in [5.41, 5.74) is 5.23. The van der Waals surface area contributed by atoms with E-state index in [1.807, 2.05) is 0 Å². The summed E-state index contributed by atoms with van der Waals surface area (Å²) in [6.45, 7) is 0. The standard InChI is InChI=1S/C6H9N3O3/c1-8-4(10)3(7)5(11)9(2)6(8)12/h3H,7H2,1-2H3. The predicted octanol–water partition coefficient (Wildman–Crippen LogP) is -1.64. The molecule has 2 N–H and O–H groups in total. The number of hydrogen-bond acceptors (Lipinski definition) is 4. The number of urea groups is 1. The van der Waals surface area contributed by atoms with Gasteiger partial charge in [-0.05, 0) is 0 Å². The molecule has 1 aliphatic heterocycles. The van der Waals surface area contributed by atoms with Crippen molar-refractivity contribution in [1.29, 1.82) is 0 Å². The number of likely N-dealkylation sites (N-methyl/N-ethyl adjacent to an activating group) is 2. The molecule has 0 bridgehead atoms. The first-order valence-corrected chi connectivity index (χ1v) is 3.31. The van der Waals surface area contributed by atoms with Crippen molar-refractivity contribution in [3.63, 3.8) is 0 Å². The molecule has 0 spiro atoms. The summed E-state index contributed by atoms with van der Waals surface area (Å²) in [5.74, 6) is -1.33. The molecule has 1 rings (SSSR count). The molecular formula is C6H9N3O3. The zero-order valence-corrected chi connectivity index (χ0v) is 6.77. The quantitative estimate of drug-likeness (QED) is 0.443. The zero-order valence-electron chi connectivity index (χ0n) is 6.77. The molecule has 66 valence electrons. The van der Waals surface area contributed by atoms with Gasteiger partial charge in [-0.25, -0.2) is 4.79 Å². The number of carbonyl (C=O) groups is 3. The normalized spacial score (nSPS) is 20.8. The number of barbiturate groups is 1. The summed E-state index contributed by atoms with van der Waals surface area (Å²) in [4.78, 5) is 34.7. The van der Waals surface area contributed by atoms with Crippen LogP contribution in [0.3, 0.4) is 0 Å². The molecule has 1 saturated heterocycles. The van der Waals surface area contributed by atoms with Gasteiger partial charge in [-0.3, -0.25) is 19.4 Å². The summed E-state index contributed by atoms with van der Waals surface area (Å²) in [5, 5.41) is 0. The van der Waals surface area contributed by atoms with Gasteiger partial charge < -0.3 is 5.73 Å². The molecule has 4 amide bonds. The Labute approximate surface area is 68.9 Å². The molecular weight excluding hydrogens is 162 g/mol. The van der Waals surface area contributed by atoms with Crippen LogP contribution in [-0.4, -0.2) is 47.8 Å². The van der Waals surface area contributed by atoms with Crippen LogP contribution in [0.15, 0.2) is 0 Å². The van der Waals surface area contributed by atoms with E-state index in [1.165, 1.54) is 14.1 Å². The van der Waals surface area contributed by atoms with E-state index >= 15 is 0 Å². The van der Waals surface area contributed by atoms with E-state index in [4.69, 9.17) is 5.73 Å². The Bertz CT molecular complexity index is 202. The highest BCUT2D eigenvalue weighted by atomic mass is 16.2. The van der Waals surface area contributed by atoms with Gasteiger partial charge in [0.25, 0.3) is 11.8 Å². The summed E-state index contributed by atoms with van der Waals surface area (Å²) in [6.07, 6.45) is 0. The second kappa shape index (κ2) is 2.56. The predicted molar refractivity (Wildman–Crippen MR) is 38.9 cm³/mol. The van der Waals surface area contributed by atoms with Gasteiger partial charge >= 0.3 is 6.03 Å². The summed E-state index contributed by atoms with van der Waals surface area (Å²) < 4.78 is 0. The van der Waals surface area contributed by atoms with Gasteiger partial charge in [0.1, 0.15) is 0 Å². The third-order valence-corrected chi connectivity index (χ3v) is 1.77. The maximum absolute atomic E-state index is 11.0. The second-order valence-electron chi connectivity index (χ2n) is 2.55. The fourth-order valence-corrected chi connectivity index (χ4v) is 0.936. The van der Waals surface area contributed by atoms with Gasteiger partial charge in [0.2, 0.25) is 0 Å². The first-order chi connectivity index (χ1) is 5.46. The largest absolute Gasteiger partial charge is 0.332 e. The van der Waals surface area contributed by atoms with Gasteiger partial charge in [-0.15, -0.1) is 0 Å². The average Bonchev–Trinajstić information content (AvgIpc) is 2.08. The average molecular weight is 171 g/mol. The number of hydrogen-bond donors (Lipinski definition) is 1. The van der Waals surface area contributed by atoms with E-state index in [1.54, 1.807) is 0 Å². The Balaban J connectivity index is 2.99. The molecule has 0 aromatic heterocycles. The van der Waals surface area contributed by atoms with Crippen molar-refractivity contribution in [2.24, 2.45) is 5.73 Å². The van der Waals surface area contributed by atoms with Crippen LogP contribution in [0.4, 0.5) is 4.79 Å². The van der Waals surface area contributed by atoms with Crippen LogP contribution >= 0.6 is 0 Å². The molecule has 1 heterocycles. The van der Waals surface area contributed by atoms with Crippen molar-refractivity contribution in [2.75, 3.05) is 14.1 Å². The van der Waals surface area contributed by atoms with E-state index in [0.29, 0.717) is 0 Å². The molecule has 0 aromatic carbocycles. The Morgan fingerprint density at radius 2 is 1.42 bits per heavy atom. The van der Waals surface area contributed by atoms with Crippen LogP contribution in [0.2, 0.25) is 0 Å². The minimum atomic E-state index is -1.24. The lowest BCUT2D eigenvalue weighted by molar-refractivity contribution is -0.143. The van der Waals surface area contributed by atoms with Gasteiger partial charge in [0.15, 0.2) is 6.04 Å². The Kier molecular flexibility index (Phi) is 1.85. The third-order valence-electron chi connectivity index (χ3n) is 1.77. The molecule has 1 aliphatic rings. The molecule has 12 heavy (non-hydrogen) atoms. The molecule has 0 atom stereocenters. The number of imide groups is 2. The lowest BCUT2D eigenvalue weighted by atomic mass is 10.2. The Morgan fingerprint density at radius 1 is 1.08 bits per heavy atom. The molecule has 6 nitrogen and oxygen atoms in total. The lowest BCUT2D eigenvalue weighted by Crippen LogP contribution is -2.62. The number of nitrogens with zero attached hydrogens (tertiary/aromatic N) is 2. The molecule has 0 aromatic rings. The maximum atomic E-state index is 11.0. The topological polar surface area (TPSA) is 83.7 Å². The monoisotopic (exact) mass is 171 g/mol. The SMILES string of the molecule is CN1C(=O)C(N)C(=O)N(C)C1=O. The van der Waals surface area contributed by atoms with Crippen LogP contribution < -0.4 is 5.73 Å². The number of nitrogens with two attached hydrogens (primary N) is 1. The minimum Gasteiger partial charge on any atom is -0.312 e. The van der Waals surface area contributed by atoms with Crippen LogP contribution in [0.1, 0.15) is 0 Å². The molecule has 6 heteroatoms. The van der Waals surface area contributed by atoms with E-state index in [-0.39, 0.29) is 0 Å². The van der Waals surface area contributed by atoms with Crippen molar-refractivity contribution >= 4 is 17.8 Å². The van der Waals surface area contributed by atoms with Crippen LogP contribution in [0.25, 0.3) is 0 Å². The zero-order chi connectivity index (χ0) is 9.46. The second-order valence-corrected chi connectivity index (χ2v) is 2.55. The highest BCUT2D eigenvalue weighted by Gasteiger charge is 2.39. The van der Waals surface area contributed by atoms with Crippen LogP contribution in [0.5, 0.6) is 0 Å². The summed E-state index contributed by atoms with van der Waals surface area (Å²) in [6, 6.07) is -1.88. The molecule has 0 saturated carbocycles. The van der Waals surface area contributed by atoms with Crippen molar-refractivity contribution in [3.8, 4) is 0 Å². The summed E-state index contributed by atoms with van der Waals surface area (Å²) in [7, 11) is 2.57. The maximum Gasteiger partial charge on any atom is 0.332 e. The van der Waals surface area contributed by atoms with Gasteiger partial charge in [-0.2, -0.15) is 0 Å². The van der Waals surface area contributed by atoms with Crippen LogP contribution in [-0.2, 0) is 9.59 Å². The molecule has 1 fully saturated rings. The summed E-state index contributed by atoms with van der Waals surface area (Å²) >= 11 is 0. The van der Waals surface area contributed by atoms with Gasteiger partial charge in [0.05, 0.1) is 0 Å².